The zero-order valence-corrected chi connectivity index (χ0v) is 17.2. The van der Waals surface area contributed by atoms with Gasteiger partial charge in [-0.2, -0.15) is 0 Å². The van der Waals surface area contributed by atoms with Gasteiger partial charge in [-0.1, -0.05) is 36.8 Å². The molecule has 0 aromatic heterocycles. The molecule has 2 aliphatic rings. The van der Waals surface area contributed by atoms with E-state index in [0.29, 0.717) is 19.0 Å². The molecular formula is C22H34N4O2. The van der Waals surface area contributed by atoms with E-state index in [9.17, 15) is 9.59 Å². The van der Waals surface area contributed by atoms with Crippen LogP contribution in [-0.4, -0.2) is 62.0 Å². The number of amides is 3. The van der Waals surface area contributed by atoms with Crippen molar-refractivity contribution in [2.24, 2.45) is 5.92 Å². The van der Waals surface area contributed by atoms with Gasteiger partial charge in [0.1, 0.15) is 6.54 Å². The number of nitrogens with zero attached hydrogens (tertiary/aromatic N) is 2. The molecule has 0 radical (unpaired) electrons. The maximum Gasteiger partial charge on any atom is 0.320 e. The number of carbonyl (C=O) groups excluding carboxylic acids is 2. The van der Waals surface area contributed by atoms with Crippen molar-refractivity contribution in [2.75, 3.05) is 40.3 Å². The maximum absolute atomic E-state index is 13.3. The van der Waals surface area contributed by atoms with Crippen LogP contribution >= 0.6 is 0 Å². The van der Waals surface area contributed by atoms with Gasteiger partial charge in [-0.3, -0.25) is 4.79 Å². The second kappa shape index (κ2) is 9.41. The first-order chi connectivity index (χ1) is 13.6. The summed E-state index contributed by atoms with van der Waals surface area (Å²) >= 11 is 0. The van der Waals surface area contributed by atoms with E-state index in [1.165, 1.54) is 24.8 Å². The quantitative estimate of drug-likeness (QED) is 0.790. The van der Waals surface area contributed by atoms with Crippen molar-refractivity contribution in [1.82, 2.24) is 20.4 Å². The Balaban J connectivity index is 1.83. The lowest BCUT2D eigenvalue weighted by molar-refractivity contribution is -0.121. The summed E-state index contributed by atoms with van der Waals surface area (Å²) in [6, 6.07) is 10.6. The average molecular weight is 387 g/mol. The Kier molecular flexibility index (Phi) is 6.94. The smallest absolute Gasteiger partial charge is 0.320 e. The summed E-state index contributed by atoms with van der Waals surface area (Å²) in [5, 5.41) is 6.23. The van der Waals surface area contributed by atoms with E-state index < -0.39 is 0 Å². The summed E-state index contributed by atoms with van der Waals surface area (Å²) in [6.07, 6.45) is 6.33. The predicted molar refractivity (Wildman–Crippen MR) is 111 cm³/mol. The van der Waals surface area contributed by atoms with Crippen molar-refractivity contribution >= 4 is 11.9 Å². The molecule has 3 amide bonds. The van der Waals surface area contributed by atoms with E-state index in [1.54, 1.807) is 11.9 Å². The van der Waals surface area contributed by atoms with E-state index in [4.69, 9.17) is 0 Å². The molecule has 1 aliphatic carbocycles. The van der Waals surface area contributed by atoms with Crippen molar-refractivity contribution in [3.63, 3.8) is 0 Å². The molecule has 3 rings (SSSR count). The predicted octanol–water partition coefficient (Wildman–Crippen LogP) is 2.56. The molecule has 154 valence electrons. The zero-order valence-electron chi connectivity index (χ0n) is 17.2. The standard InChI is InChI=1S/C22H34N4O2/c1-23-20(27)17-25-14-7-12-22(24-2,19-10-4-3-5-11-19)13-15-26(21(25)28)16-18-8-6-9-18/h3-5,10-11,18,24H,6-9,12-17H2,1-2H3,(H,23,27)/t22-/m0/s1. The van der Waals surface area contributed by atoms with Gasteiger partial charge in [0, 0.05) is 32.2 Å². The Hall–Kier alpha value is -2.08. The Morgan fingerprint density at radius 2 is 1.82 bits per heavy atom. The van der Waals surface area contributed by atoms with Crippen LogP contribution in [0.25, 0.3) is 0 Å². The van der Waals surface area contributed by atoms with Gasteiger partial charge < -0.3 is 20.4 Å². The third kappa shape index (κ3) is 4.66. The number of urea groups is 1. The fourth-order valence-corrected chi connectivity index (χ4v) is 4.41. The molecule has 1 heterocycles. The summed E-state index contributed by atoms with van der Waals surface area (Å²) in [5.74, 6) is 0.492. The van der Waals surface area contributed by atoms with Crippen molar-refractivity contribution in [3.8, 4) is 0 Å². The molecule has 1 aliphatic heterocycles. The fourth-order valence-electron chi connectivity index (χ4n) is 4.41. The molecule has 0 spiro atoms. The summed E-state index contributed by atoms with van der Waals surface area (Å²) in [7, 11) is 3.64. The Bertz CT molecular complexity index is 662. The summed E-state index contributed by atoms with van der Waals surface area (Å²) in [6.45, 7) is 2.24. The zero-order chi connectivity index (χ0) is 20.0. The molecule has 2 N–H and O–H groups in total. The molecule has 6 nitrogen and oxygen atoms in total. The van der Waals surface area contributed by atoms with Crippen molar-refractivity contribution in [3.05, 3.63) is 35.9 Å². The number of hydrogen-bond acceptors (Lipinski definition) is 3. The van der Waals surface area contributed by atoms with Gasteiger partial charge in [0.15, 0.2) is 0 Å². The number of benzene rings is 1. The molecule has 1 atom stereocenters. The van der Waals surface area contributed by atoms with Gasteiger partial charge in [-0.15, -0.1) is 0 Å². The lowest BCUT2D eigenvalue weighted by atomic mass is 9.82. The molecule has 2 fully saturated rings. The van der Waals surface area contributed by atoms with Crippen molar-refractivity contribution < 1.29 is 9.59 Å². The monoisotopic (exact) mass is 386 g/mol. The normalized spacial score (nSPS) is 24.1. The molecule has 0 unspecified atom stereocenters. The molecule has 0 bridgehead atoms. The Morgan fingerprint density at radius 1 is 1.07 bits per heavy atom. The van der Waals surface area contributed by atoms with Crippen LogP contribution in [0.15, 0.2) is 30.3 Å². The van der Waals surface area contributed by atoms with Crippen LogP contribution in [0.2, 0.25) is 0 Å². The van der Waals surface area contributed by atoms with Gasteiger partial charge in [0.05, 0.1) is 0 Å². The van der Waals surface area contributed by atoms with Crippen LogP contribution in [0.3, 0.4) is 0 Å². The second-order valence-electron chi connectivity index (χ2n) is 8.17. The topological polar surface area (TPSA) is 64.7 Å². The Labute approximate surface area is 168 Å². The summed E-state index contributed by atoms with van der Waals surface area (Å²) in [5.41, 5.74) is 1.12. The van der Waals surface area contributed by atoms with Gasteiger partial charge in [-0.25, -0.2) is 4.79 Å². The van der Waals surface area contributed by atoms with E-state index >= 15 is 0 Å². The van der Waals surface area contributed by atoms with Crippen LogP contribution in [0.1, 0.15) is 44.1 Å². The molecule has 1 aromatic rings. The van der Waals surface area contributed by atoms with E-state index in [-0.39, 0.29) is 24.0 Å². The average Bonchev–Trinajstić information content (AvgIpc) is 2.75. The van der Waals surface area contributed by atoms with Crippen molar-refractivity contribution in [2.45, 2.75) is 44.1 Å². The van der Waals surface area contributed by atoms with Crippen LogP contribution in [-0.2, 0) is 10.3 Å². The highest BCUT2D eigenvalue weighted by Crippen LogP contribution is 2.33. The number of rotatable bonds is 6. The lowest BCUT2D eigenvalue weighted by Crippen LogP contribution is -2.49. The Morgan fingerprint density at radius 3 is 2.43 bits per heavy atom. The van der Waals surface area contributed by atoms with Gasteiger partial charge in [0.2, 0.25) is 5.91 Å². The molecule has 1 saturated carbocycles. The summed E-state index contributed by atoms with van der Waals surface area (Å²) in [4.78, 5) is 29.0. The maximum atomic E-state index is 13.3. The second-order valence-corrected chi connectivity index (χ2v) is 8.17. The minimum Gasteiger partial charge on any atom is -0.358 e. The highest BCUT2D eigenvalue weighted by Gasteiger charge is 2.35. The minimum absolute atomic E-state index is 0.00969. The molecular weight excluding hydrogens is 352 g/mol. The molecule has 1 aromatic carbocycles. The molecule has 28 heavy (non-hydrogen) atoms. The van der Waals surface area contributed by atoms with Crippen LogP contribution in [0, 0.1) is 5.92 Å². The molecule has 1 saturated heterocycles. The third-order valence-corrected chi connectivity index (χ3v) is 6.50. The highest BCUT2D eigenvalue weighted by atomic mass is 16.2. The van der Waals surface area contributed by atoms with Gasteiger partial charge in [0.25, 0.3) is 0 Å². The van der Waals surface area contributed by atoms with E-state index in [0.717, 1.165) is 25.8 Å². The van der Waals surface area contributed by atoms with Crippen LogP contribution in [0.5, 0.6) is 0 Å². The van der Waals surface area contributed by atoms with Crippen LogP contribution in [0.4, 0.5) is 4.79 Å². The first-order valence-electron chi connectivity index (χ1n) is 10.6. The number of carbonyl (C=O) groups is 2. The van der Waals surface area contributed by atoms with Gasteiger partial charge in [-0.05, 0) is 50.6 Å². The third-order valence-electron chi connectivity index (χ3n) is 6.50. The van der Waals surface area contributed by atoms with Crippen LogP contribution < -0.4 is 10.6 Å². The number of hydrogen-bond donors (Lipinski definition) is 2. The van der Waals surface area contributed by atoms with Gasteiger partial charge >= 0.3 is 6.03 Å². The summed E-state index contributed by atoms with van der Waals surface area (Å²) < 4.78 is 0. The fraction of sp³-hybridized carbons (Fsp3) is 0.636. The number of likely N-dealkylation sites (N-methyl/N-ethyl adjacent to an activating group) is 1. The largest absolute Gasteiger partial charge is 0.358 e. The first-order valence-corrected chi connectivity index (χ1v) is 10.6. The SMILES string of the molecule is CNC(=O)CN1CCC[C@@](NC)(c2ccccc2)CCN(CC2CCC2)C1=O. The van der Waals surface area contributed by atoms with E-state index in [2.05, 4.69) is 34.9 Å². The molecule has 6 heteroatoms. The van der Waals surface area contributed by atoms with Crippen molar-refractivity contribution in [1.29, 1.82) is 0 Å². The minimum atomic E-state index is -0.150. The first kappa shape index (κ1) is 20.6. The van der Waals surface area contributed by atoms with E-state index in [1.807, 2.05) is 18.0 Å². The number of nitrogens with one attached hydrogen (secondary N) is 2. The highest BCUT2D eigenvalue weighted by molar-refractivity contribution is 5.84. The lowest BCUT2D eigenvalue weighted by Gasteiger charge is -2.37.